The predicted octanol–water partition coefficient (Wildman–Crippen LogP) is 1.60. The van der Waals surface area contributed by atoms with Crippen molar-refractivity contribution < 1.29 is 33.8 Å². The van der Waals surface area contributed by atoms with E-state index in [2.05, 4.69) is 5.32 Å². The maximum atomic E-state index is 14.5. The van der Waals surface area contributed by atoms with E-state index in [9.17, 15) is 24.3 Å². The topological polar surface area (TPSA) is 125 Å². The number of benzene rings is 1. The number of likely N-dealkylation sites (tertiary alicyclic amines) is 1. The summed E-state index contributed by atoms with van der Waals surface area (Å²) >= 11 is 6.52. The molecule has 5 bridgehead atoms. The highest BCUT2D eigenvalue weighted by Gasteiger charge is 2.74. The van der Waals surface area contributed by atoms with Gasteiger partial charge < -0.3 is 29.7 Å². The minimum Gasteiger partial charge on any atom is -0.460 e. The van der Waals surface area contributed by atoms with E-state index in [1.165, 1.54) is 9.80 Å². The fraction of sp³-hybridized carbons (Fsp3) is 0.500. The number of para-hydroxylation sites is 1. The van der Waals surface area contributed by atoms with Gasteiger partial charge in [-0.2, -0.15) is 0 Å². The van der Waals surface area contributed by atoms with Crippen LogP contribution in [0.3, 0.4) is 0 Å². The number of rotatable bonds is 3. The van der Waals surface area contributed by atoms with Crippen molar-refractivity contribution in [3.63, 3.8) is 0 Å². The second-order valence-electron chi connectivity index (χ2n) is 10.4. The highest BCUT2D eigenvalue weighted by Crippen LogP contribution is 2.56. The molecule has 2 fully saturated rings. The average molecular weight is 558 g/mol. The molecule has 0 saturated carbocycles. The first kappa shape index (κ1) is 27.4. The summed E-state index contributed by atoms with van der Waals surface area (Å²) < 4.78 is 12.0. The zero-order valence-electron chi connectivity index (χ0n) is 21.8. The summed E-state index contributed by atoms with van der Waals surface area (Å²) in [5, 5.41) is 13.2. The summed E-state index contributed by atoms with van der Waals surface area (Å²) in [6.07, 6.45) is 6.26. The maximum Gasteiger partial charge on any atom is 0.313 e. The minimum atomic E-state index is -1.42. The van der Waals surface area contributed by atoms with Gasteiger partial charge in [0.05, 0.1) is 41.9 Å². The Balaban J connectivity index is 1.62. The number of aliphatic hydroxyl groups is 1. The number of cyclic esters (lactones) is 1. The lowest BCUT2D eigenvalue weighted by Gasteiger charge is -2.38. The van der Waals surface area contributed by atoms with Crippen LogP contribution in [0.1, 0.15) is 26.7 Å². The lowest BCUT2D eigenvalue weighted by atomic mass is 9.74. The van der Waals surface area contributed by atoms with Crippen LogP contribution in [0.5, 0.6) is 0 Å². The van der Waals surface area contributed by atoms with Crippen molar-refractivity contribution in [2.24, 2.45) is 11.8 Å². The standard InChI is InChI=1S/C28H32ClN3O7/c1-16(15-33)32-24-26(36)31(19-9-6-5-8-18(19)29)13-7-3-4-10-21(34)30-14-17(2)38-27(37)22-20-11-12-28(24,39-20)23(22)25(32)35/h3,5-9,11-12,16-17,20,22-24,33H,4,10,13-15H2,1-2H3,(H,30,34)/b7-3-/t16-,17+,20-,22+,23+,24-,28+/m1/s1. The number of aliphatic hydroxyl groups excluding tert-OH is 1. The molecule has 39 heavy (non-hydrogen) atoms. The van der Waals surface area contributed by atoms with Gasteiger partial charge in [-0.05, 0) is 32.4 Å². The summed E-state index contributed by atoms with van der Waals surface area (Å²) in [7, 11) is 0. The van der Waals surface area contributed by atoms with Gasteiger partial charge in [-0.25, -0.2) is 0 Å². The molecule has 1 spiro atoms. The Hall–Kier alpha value is -3.21. The van der Waals surface area contributed by atoms with Crippen LogP contribution in [-0.2, 0) is 28.7 Å². The van der Waals surface area contributed by atoms with Crippen molar-refractivity contribution in [3.8, 4) is 0 Å². The molecule has 5 rings (SSSR count). The molecule has 11 heteroatoms. The van der Waals surface area contributed by atoms with Gasteiger partial charge in [0.25, 0.3) is 5.91 Å². The second-order valence-corrected chi connectivity index (χ2v) is 10.8. The first-order chi connectivity index (χ1) is 18.7. The van der Waals surface area contributed by atoms with Crippen LogP contribution >= 0.6 is 11.6 Å². The molecule has 2 saturated heterocycles. The number of nitrogens with one attached hydrogen (secondary N) is 1. The van der Waals surface area contributed by atoms with Gasteiger partial charge in [0.15, 0.2) is 0 Å². The molecule has 0 unspecified atom stereocenters. The molecule has 0 aliphatic carbocycles. The number of halogens is 1. The maximum absolute atomic E-state index is 14.5. The van der Waals surface area contributed by atoms with Gasteiger partial charge in [-0.15, -0.1) is 0 Å². The van der Waals surface area contributed by atoms with Gasteiger partial charge in [0.1, 0.15) is 23.7 Å². The zero-order valence-corrected chi connectivity index (χ0v) is 22.5. The van der Waals surface area contributed by atoms with Gasteiger partial charge in [-0.3, -0.25) is 19.2 Å². The Morgan fingerprint density at radius 3 is 2.69 bits per heavy atom. The van der Waals surface area contributed by atoms with Gasteiger partial charge >= 0.3 is 5.97 Å². The quantitative estimate of drug-likeness (QED) is 0.427. The summed E-state index contributed by atoms with van der Waals surface area (Å²) in [4.78, 5) is 57.0. The summed E-state index contributed by atoms with van der Waals surface area (Å²) in [6.45, 7) is 3.17. The number of amides is 3. The highest BCUT2D eigenvalue weighted by molar-refractivity contribution is 6.34. The van der Waals surface area contributed by atoms with E-state index in [4.69, 9.17) is 21.1 Å². The van der Waals surface area contributed by atoms with E-state index in [-0.39, 0.29) is 32.0 Å². The third-order valence-electron chi connectivity index (χ3n) is 7.86. The molecular weight excluding hydrogens is 526 g/mol. The molecule has 1 aromatic carbocycles. The first-order valence-electron chi connectivity index (χ1n) is 13.2. The molecular formula is C28H32ClN3O7. The Bertz CT molecular complexity index is 1240. The third kappa shape index (κ3) is 4.64. The lowest BCUT2D eigenvalue weighted by molar-refractivity contribution is -0.158. The van der Waals surface area contributed by atoms with Crippen molar-refractivity contribution in [1.29, 1.82) is 0 Å². The smallest absolute Gasteiger partial charge is 0.313 e. The molecule has 2 N–H and O–H groups in total. The van der Waals surface area contributed by atoms with Crippen LogP contribution < -0.4 is 10.2 Å². The zero-order chi connectivity index (χ0) is 27.9. The largest absolute Gasteiger partial charge is 0.460 e. The van der Waals surface area contributed by atoms with Crippen LogP contribution in [0, 0.1) is 11.8 Å². The molecule has 0 aromatic heterocycles. The lowest BCUT2D eigenvalue weighted by Crippen LogP contribution is -2.58. The second kappa shape index (κ2) is 10.7. The van der Waals surface area contributed by atoms with Crippen LogP contribution in [0.4, 0.5) is 5.69 Å². The number of fused-ring (bicyclic) bond motifs is 2. The Morgan fingerprint density at radius 1 is 1.18 bits per heavy atom. The Kier molecular flexibility index (Phi) is 7.54. The number of hydrogen-bond acceptors (Lipinski definition) is 7. The SMILES string of the molecule is C[C@H](CO)N1C(=O)[C@@H]2[C@H]3C(=O)O[C@@H](C)CNC(=O)CC/C=C\CN(c4ccccc4Cl)C(=O)[C@@H]1[C@]21C=C[C@H]3O1. The Labute approximate surface area is 231 Å². The number of nitrogens with zero attached hydrogens (tertiary/aromatic N) is 2. The van der Waals surface area contributed by atoms with Crippen molar-refractivity contribution >= 4 is 41.0 Å². The average Bonchev–Trinajstić information content (AvgIpc) is 3.56. The van der Waals surface area contributed by atoms with Crippen LogP contribution in [0.2, 0.25) is 5.02 Å². The van der Waals surface area contributed by atoms with Crippen molar-refractivity contribution in [2.75, 3.05) is 24.6 Å². The number of allylic oxidation sites excluding steroid dienone is 1. The number of carbonyl (C=O) groups excluding carboxylic acids is 4. The number of anilines is 1. The van der Waals surface area contributed by atoms with Gasteiger partial charge in [0.2, 0.25) is 11.8 Å². The van der Waals surface area contributed by atoms with Gasteiger partial charge in [-0.1, -0.05) is 48.0 Å². The summed E-state index contributed by atoms with van der Waals surface area (Å²) in [5.41, 5.74) is -0.977. The number of carbonyl (C=O) groups is 4. The van der Waals surface area contributed by atoms with Crippen molar-refractivity contribution in [1.82, 2.24) is 10.2 Å². The fourth-order valence-electron chi connectivity index (χ4n) is 6.02. The van der Waals surface area contributed by atoms with E-state index in [0.29, 0.717) is 17.1 Å². The summed E-state index contributed by atoms with van der Waals surface area (Å²) in [5.74, 6) is -3.73. The molecule has 4 aliphatic rings. The normalized spacial score (nSPS) is 34.6. The van der Waals surface area contributed by atoms with Crippen molar-refractivity contribution in [2.45, 2.75) is 56.6 Å². The first-order valence-corrected chi connectivity index (χ1v) is 13.6. The molecule has 208 valence electrons. The van der Waals surface area contributed by atoms with Crippen LogP contribution in [0.15, 0.2) is 48.6 Å². The van der Waals surface area contributed by atoms with E-state index in [1.54, 1.807) is 62.4 Å². The third-order valence-corrected chi connectivity index (χ3v) is 8.18. The molecule has 0 radical (unpaired) electrons. The number of ether oxygens (including phenoxy) is 2. The molecule has 7 atom stereocenters. The highest BCUT2D eigenvalue weighted by atomic mass is 35.5. The number of hydrogen-bond donors (Lipinski definition) is 2. The predicted molar refractivity (Wildman–Crippen MR) is 142 cm³/mol. The molecule has 4 aliphatic heterocycles. The molecule has 10 nitrogen and oxygen atoms in total. The molecule has 1 aromatic rings. The van der Waals surface area contributed by atoms with E-state index in [1.807, 2.05) is 0 Å². The Morgan fingerprint density at radius 2 is 1.95 bits per heavy atom. The summed E-state index contributed by atoms with van der Waals surface area (Å²) in [6, 6.07) is 5.01. The van der Waals surface area contributed by atoms with Gasteiger partial charge in [0, 0.05) is 13.0 Å². The van der Waals surface area contributed by atoms with E-state index < -0.39 is 59.5 Å². The number of esters is 1. The monoisotopic (exact) mass is 557 g/mol. The molecule has 4 heterocycles. The van der Waals surface area contributed by atoms with E-state index >= 15 is 0 Å². The van der Waals surface area contributed by atoms with E-state index in [0.717, 1.165) is 0 Å². The fourth-order valence-corrected chi connectivity index (χ4v) is 6.26. The molecule has 3 amide bonds. The van der Waals surface area contributed by atoms with Crippen molar-refractivity contribution in [3.05, 3.63) is 53.6 Å². The van der Waals surface area contributed by atoms with Crippen LogP contribution in [0.25, 0.3) is 0 Å². The minimum absolute atomic E-state index is 0.118. The van der Waals surface area contributed by atoms with Crippen LogP contribution in [-0.4, -0.2) is 83.3 Å².